The van der Waals surface area contributed by atoms with Gasteiger partial charge in [-0.15, -0.1) is 0 Å². The Hall–Kier alpha value is -0.110. The van der Waals surface area contributed by atoms with E-state index in [0.717, 1.165) is 25.7 Å². The maximum Gasteiger partial charge on any atom is 0.353 e. The quantitative estimate of drug-likeness (QED) is 0.0557. The fourth-order valence-corrected chi connectivity index (χ4v) is 6.87. The largest absolute Gasteiger partial charge is 0.353 e. The van der Waals surface area contributed by atoms with Crippen LogP contribution in [0.1, 0.15) is 207 Å². The van der Waals surface area contributed by atoms with Gasteiger partial charge in [0.15, 0.2) is 0 Å². The average Bonchev–Trinajstić information content (AvgIpc) is 2.96. The van der Waals surface area contributed by atoms with Crippen molar-refractivity contribution in [1.82, 2.24) is 0 Å². The van der Waals surface area contributed by atoms with Gasteiger partial charge in [-0.2, -0.15) is 0 Å². The van der Waals surface area contributed by atoms with Crippen molar-refractivity contribution in [2.24, 2.45) is 0 Å². The molecule has 0 aliphatic heterocycles. The molecule has 0 atom stereocenters. The third-order valence-corrected chi connectivity index (χ3v) is 9.62. The van der Waals surface area contributed by atoms with Crippen LogP contribution in [0.2, 0.25) is 0 Å². The highest BCUT2D eigenvalue weighted by Crippen LogP contribution is 2.50. The van der Waals surface area contributed by atoms with Crippen molar-refractivity contribution in [2.45, 2.75) is 207 Å². The zero-order valence-corrected chi connectivity index (χ0v) is 28.6. The number of unbranched alkanes of at least 4 members (excludes halogenated alkanes) is 26. The van der Waals surface area contributed by atoms with Crippen LogP contribution in [-0.4, -0.2) is 13.2 Å². The molecule has 0 amide bonds. The Balaban J connectivity index is 3.29. The molecule has 0 aromatic heterocycles. The van der Waals surface area contributed by atoms with Gasteiger partial charge in [0, 0.05) is 5.82 Å². The lowest BCUT2D eigenvalue weighted by atomic mass is 10.0. The number of rotatable bonds is 34. The van der Waals surface area contributed by atoms with Crippen LogP contribution in [0.15, 0.2) is 11.9 Å². The summed E-state index contributed by atoms with van der Waals surface area (Å²) in [7, 11) is -3.03. The molecule has 40 heavy (non-hydrogen) atoms. The summed E-state index contributed by atoms with van der Waals surface area (Å²) in [4.78, 5) is 0. The molecule has 240 valence electrons. The van der Waals surface area contributed by atoms with E-state index < -0.39 is 7.60 Å². The first-order valence-electron chi connectivity index (χ1n) is 18.2. The molecule has 0 spiro atoms. The van der Waals surface area contributed by atoms with E-state index in [1.807, 2.05) is 19.9 Å². The third-order valence-electron chi connectivity index (χ3n) is 7.96. The molecule has 0 radical (unpaired) electrons. The normalized spacial score (nSPS) is 12.2. The summed E-state index contributed by atoms with van der Waals surface area (Å²) < 4.78 is 23.6. The molecule has 0 aliphatic rings. The van der Waals surface area contributed by atoms with Crippen LogP contribution in [0, 0.1) is 0 Å². The molecule has 0 saturated carbocycles. The lowest BCUT2D eigenvalue weighted by Gasteiger charge is -2.14. The van der Waals surface area contributed by atoms with E-state index in [9.17, 15) is 4.57 Å². The lowest BCUT2D eigenvalue weighted by molar-refractivity contribution is 0.212. The summed E-state index contributed by atoms with van der Waals surface area (Å²) in [6, 6.07) is 0. The third kappa shape index (κ3) is 30.8. The van der Waals surface area contributed by atoms with E-state index in [0.29, 0.717) is 13.2 Å². The molecule has 0 bridgehead atoms. The molecular formula is C36H73O3P. The molecule has 3 nitrogen and oxygen atoms in total. The molecule has 0 unspecified atom stereocenters. The molecule has 0 fully saturated rings. The number of allylic oxidation sites excluding steroid dienone is 1. The minimum atomic E-state index is -3.03. The zero-order valence-electron chi connectivity index (χ0n) is 27.7. The highest BCUT2D eigenvalue weighted by molar-refractivity contribution is 7.57. The van der Waals surface area contributed by atoms with Crippen LogP contribution in [0.3, 0.4) is 0 Å². The first kappa shape index (κ1) is 39.9. The molecule has 0 aliphatic carbocycles. The second-order valence-corrected chi connectivity index (χ2v) is 14.1. The second-order valence-electron chi connectivity index (χ2n) is 12.2. The number of hydrogen-bond acceptors (Lipinski definition) is 3. The van der Waals surface area contributed by atoms with Gasteiger partial charge in [-0.05, 0) is 25.7 Å². The smallest absolute Gasteiger partial charge is 0.306 e. The van der Waals surface area contributed by atoms with Crippen LogP contribution in [0.4, 0.5) is 0 Å². The van der Waals surface area contributed by atoms with Crippen molar-refractivity contribution in [1.29, 1.82) is 0 Å². The zero-order chi connectivity index (χ0) is 29.2. The van der Waals surface area contributed by atoms with Crippen molar-refractivity contribution in [3.05, 3.63) is 11.9 Å². The van der Waals surface area contributed by atoms with Gasteiger partial charge < -0.3 is 9.05 Å². The van der Waals surface area contributed by atoms with Gasteiger partial charge in [0.2, 0.25) is 0 Å². The van der Waals surface area contributed by atoms with E-state index in [4.69, 9.17) is 9.05 Å². The van der Waals surface area contributed by atoms with E-state index >= 15 is 0 Å². The van der Waals surface area contributed by atoms with Crippen molar-refractivity contribution in [3.63, 3.8) is 0 Å². The average molecular weight is 585 g/mol. The summed E-state index contributed by atoms with van der Waals surface area (Å²) in [6.07, 6.45) is 41.7. The Kier molecular flexibility index (Phi) is 33.3. The van der Waals surface area contributed by atoms with Crippen molar-refractivity contribution < 1.29 is 13.6 Å². The highest BCUT2D eigenvalue weighted by Gasteiger charge is 2.19. The molecule has 0 aromatic carbocycles. The van der Waals surface area contributed by atoms with Gasteiger partial charge in [-0.25, -0.2) is 0 Å². The molecular weight excluding hydrogens is 511 g/mol. The fourth-order valence-electron chi connectivity index (χ4n) is 5.34. The Labute approximate surface area is 253 Å². The monoisotopic (exact) mass is 585 g/mol. The van der Waals surface area contributed by atoms with Crippen LogP contribution >= 0.6 is 7.60 Å². The van der Waals surface area contributed by atoms with Crippen molar-refractivity contribution in [2.75, 3.05) is 13.2 Å². The van der Waals surface area contributed by atoms with E-state index in [1.54, 1.807) is 5.82 Å². The standard InChI is InChI=1S/C36H73O3P/c1-4-7-8-9-10-11-12-13-14-15-16-17-18-19-20-21-22-23-24-25-26-27-28-29-30-31-32-33-36-40(37,38-34-5-2)39-35-6-3/h33,36H,4-32,34-35H2,1-3H3/b36-33+. The van der Waals surface area contributed by atoms with Gasteiger partial charge in [-0.1, -0.05) is 187 Å². The number of hydrogen-bond donors (Lipinski definition) is 0. The van der Waals surface area contributed by atoms with Gasteiger partial charge in [0.1, 0.15) is 0 Å². The van der Waals surface area contributed by atoms with Crippen LogP contribution in [-0.2, 0) is 13.6 Å². The van der Waals surface area contributed by atoms with Crippen LogP contribution < -0.4 is 0 Å². The van der Waals surface area contributed by atoms with Gasteiger partial charge in [0.25, 0.3) is 0 Å². The Morgan fingerprint density at radius 1 is 0.400 bits per heavy atom. The SMILES string of the molecule is CCCCCCCCCCCCCCCCCCCCCCCCCCCC/C=C/P(=O)(OCCC)OCCC. The molecule has 0 N–H and O–H groups in total. The summed E-state index contributed by atoms with van der Waals surface area (Å²) in [5, 5.41) is 0. The summed E-state index contributed by atoms with van der Waals surface area (Å²) in [5.41, 5.74) is 0. The van der Waals surface area contributed by atoms with Gasteiger partial charge in [0.05, 0.1) is 13.2 Å². The van der Waals surface area contributed by atoms with Gasteiger partial charge >= 0.3 is 7.60 Å². The molecule has 4 heteroatoms. The Bertz CT molecular complexity index is 536. The van der Waals surface area contributed by atoms with E-state index in [1.165, 1.54) is 161 Å². The fraction of sp³-hybridized carbons (Fsp3) is 0.944. The van der Waals surface area contributed by atoms with Crippen LogP contribution in [0.25, 0.3) is 0 Å². The highest BCUT2D eigenvalue weighted by atomic mass is 31.2. The Morgan fingerprint density at radius 2 is 0.675 bits per heavy atom. The van der Waals surface area contributed by atoms with Crippen molar-refractivity contribution >= 4 is 7.60 Å². The van der Waals surface area contributed by atoms with E-state index in [2.05, 4.69) is 6.92 Å². The van der Waals surface area contributed by atoms with Crippen LogP contribution in [0.5, 0.6) is 0 Å². The predicted octanol–water partition coefficient (Wildman–Crippen LogP) is 14.1. The maximum atomic E-state index is 12.6. The minimum Gasteiger partial charge on any atom is -0.306 e. The van der Waals surface area contributed by atoms with Crippen molar-refractivity contribution in [3.8, 4) is 0 Å². The minimum absolute atomic E-state index is 0.491. The predicted molar refractivity (Wildman–Crippen MR) is 180 cm³/mol. The van der Waals surface area contributed by atoms with Gasteiger partial charge in [-0.3, -0.25) is 4.57 Å². The molecule has 0 rings (SSSR count). The maximum absolute atomic E-state index is 12.6. The molecule has 0 saturated heterocycles. The molecule has 0 aromatic rings. The topological polar surface area (TPSA) is 35.5 Å². The second kappa shape index (κ2) is 33.4. The summed E-state index contributed by atoms with van der Waals surface area (Å²) in [6.45, 7) is 7.33. The molecule has 0 heterocycles. The summed E-state index contributed by atoms with van der Waals surface area (Å²) >= 11 is 0. The Morgan fingerprint density at radius 3 is 0.950 bits per heavy atom. The lowest BCUT2D eigenvalue weighted by Crippen LogP contribution is -1.96. The first-order valence-corrected chi connectivity index (χ1v) is 19.9. The van der Waals surface area contributed by atoms with E-state index in [-0.39, 0.29) is 0 Å². The summed E-state index contributed by atoms with van der Waals surface area (Å²) in [5.74, 6) is 1.69. The first-order chi connectivity index (χ1) is 19.7.